The predicted octanol–water partition coefficient (Wildman–Crippen LogP) is 1.01. The lowest BCUT2D eigenvalue weighted by atomic mass is 10.2. The summed E-state index contributed by atoms with van der Waals surface area (Å²) < 4.78 is 8.09. The molecule has 0 radical (unpaired) electrons. The van der Waals surface area contributed by atoms with Crippen LogP contribution in [0.3, 0.4) is 0 Å². The van der Waals surface area contributed by atoms with Gasteiger partial charge in [-0.05, 0) is 32.1 Å². The number of hydrogen-bond acceptors (Lipinski definition) is 4. The SMILES string of the molecule is NC1CCCC1OCc1nnc2n1CCCC2. The Kier molecular flexibility index (Phi) is 3.11. The highest BCUT2D eigenvalue weighted by atomic mass is 16.5. The van der Waals surface area contributed by atoms with Gasteiger partial charge in [0.1, 0.15) is 12.4 Å². The molecule has 0 saturated heterocycles. The van der Waals surface area contributed by atoms with E-state index in [4.69, 9.17) is 10.5 Å². The quantitative estimate of drug-likeness (QED) is 0.850. The largest absolute Gasteiger partial charge is 0.369 e. The highest BCUT2D eigenvalue weighted by Crippen LogP contribution is 2.22. The van der Waals surface area contributed by atoms with Crippen molar-refractivity contribution in [2.24, 2.45) is 5.73 Å². The Labute approximate surface area is 101 Å². The van der Waals surface area contributed by atoms with Gasteiger partial charge >= 0.3 is 0 Å². The molecule has 0 aromatic carbocycles. The van der Waals surface area contributed by atoms with Crippen LogP contribution in [0.5, 0.6) is 0 Å². The van der Waals surface area contributed by atoms with Crippen molar-refractivity contribution in [2.75, 3.05) is 0 Å². The third-order valence-electron chi connectivity index (χ3n) is 3.87. The maximum absolute atomic E-state index is 5.99. The molecule has 2 aliphatic rings. The van der Waals surface area contributed by atoms with Crippen LogP contribution in [0.25, 0.3) is 0 Å². The summed E-state index contributed by atoms with van der Waals surface area (Å²) in [6.07, 6.45) is 7.07. The number of hydrogen-bond donors (Lipinski definition) is 1. The van der Waals surface area contributed by atoms with E-state index in [-0.39, 0.29) is 12.1 Å². The van der Waals surface area contributed by atoms with Crippen LogP contribution in [0.4, 0.5) is 0 Å². The van der Waals surface area contributed by atoms with Crippen molar-refractivity contribution in [1.82, 2.24) is 14.8 Å². The van der Waals surface area contributed by atoms with Crippen molar-refractivity contribution in [3.05, 3.63) is 11.6 Å². The van der Waals surface area contributed by atoms with E-state index in [1.165, 1.54) is 19.3 Å². The lowest BCUT2D eigenvalue weighted by Crippen LogP contribution is -2.31. The molecule has 1 aromatic rings. The van der Waals surface area contributed by atoms with Crippen molar-refractivity contribution in [3.63, 3.8) is 0 Å². The first-order valence-corrected chi connectivity index (χ1v) is 6.63. The summed E-state index contributed by atoms with van der Waals surface area (Å²) in [5.41, 5.74) is 5.99. The highest BCUT2D eigenvalue weighted by Gasteiger charge is 2.25. The van der Waals surface area contributed by atoms with Crippen molar-refractivity contribution >= 4 is 0 Å². The molecule has 2 heterocycles. The second kappa shape index (κ2) is 4.74. The van der Waals surface area contributed by atoms with Gasteiger partial charge in [-0.1, -0.05) is 0 Å². The fourth-order valence-corrected chi connectivity index (χ4v) is 2.82. The Hall–Kier alpha value is -0.940. The van der Waals surface area contributed by atoms with Gasteiger partial charge in [0.05, 0.1) is 6.10 Å². The maximum atomic E-state index is 5.99. The number of aromatic nitrogens is 3. The molecule has 17 heavy (non-hydrogen) atoms. The Balaban J connectivity index is 1.63. The minimum atomic E-state index is 0.207. The second-order valence-corrected chi connectivity index (χ2v) is 5.09. The molecule has 5 nitrogen and oxygen atoms in total. The van der Waals surface area contributed by atoms with E-state index in [1.54, 1.807) is 0 Å². The molecule has 1 aliphatic carbocycles. The zero-order valence-electron chi connectivity index (χ0n) is 10.1. The summed E-state index contributed by atoms with van der Waals surface area (Å²) in [7, 11) is 0. The maximum Gasteiger partial charge on any atom is 0.159 e. The first-order valence-electron chi connectivity index (χ1n) is 6.63. The smallest absolute Gasteiger partial charge is 0.159 e. The summed E-state index contributed by atoms with van der Waals surface area (Å²) in [5, 5.41) is 8.45. The summed E-state index contributed by atoms with van der Waals surface area (Å²) in [6, 6.07) is 0.207. The molecular weight excluding hydrogens is 216 g/mol. The molecule has 1 aliphatic heterocycles. The molecule has 0 bridgehead atoms. The molecule has 1 saturated carbocycles. The highest BCUT2D eigenvalue weighted by molar-refractivity contribution is 4.98. The summed E-state index contributed by atoms with van der Waals surface area (Å²) >= 11 is 0. The number of ether oxygens (including phenoxy) is 1. The molecule has 94 valence electrons. The molecular formula is C12H20N4O. The second-order valence-electron chi connectivity index (χ2n) is 5.09. The Bertz CT molecular complexity index is 390. The van der Waals surface area contributed by atoms with Crippen LogP contribution in [0, 0.1) is 0 Å². The van der Waals surface area contributed by atoms with Crippen LogP contribution in [-0.2, 0) is 24.3 Å². The average Bonchev–Trinajstić information content (AvgIpc) is 2.93. The standard InChI is InChI=1S/C12H20N4O/c13-9-4-3-5-10(9)17-8-12-15-14-11-6-1-2-7-16(11)12/h9-10H,1-8,13H2. The first kappa shape index (κ1) is 11.2. The van der Waals surface area contributed by atoms with Gasteiger partial charge in [0.2, 0.25) is 0 Å². The number of aryl methyl sites for hydroxylation is 1. The van der Waals surface area contributed by atoms with E-state index in [1.807, 2.05) is 0 Å². The van der Waals surface area contributed by atoms with Crippen LogP contribution in [0.15, 0.2) is 0 Å². The molecule has 1 fully saturated rings. The monoisotopic (exact) mass is 236 g/mol. The first-order chi connectivity index (χ1) is 8.34. The minimum absolute atomic E-state index is 0.207. The zero-order chi connectivity index (χ0) is 11.7. The lowest BCUT2D eigenvalue weighted by Gasteiger charge is -2.18. The Morgan fingerprint density at radius 3 is 3.00 bits per heavy atom. The molecule has 2 N–H and O–H groups in total. The van der Waals surface area contributed by atoms with Gasteiger partial charge in [0, 0.05) is 19.0 Å². The molecule has 2 unspecified atom stereocenters. The normalized spacial score (nSPS) is 28.3. The minimum Gasteiger partial charge on any atom is -0.369 e. The van der Waals surface area contributed by atoms with E-state index in [9.17, 15) is 0 Å². The van der Waals surface area contributed by atoms with E-state index in [0.29, 0.717) is 6.61 Å². The van der Waals surface area contributed by atoms with E-state index >= 15 is 0 Å². The van der Waals surface area contributed by atoms with Gasteiger partial charge in [-0.25, -0.2) is 0 Å². The molecule has 0 amide bonds. The Morgan fingerprint density at radius 2 is 2.18 bits per heavy atom. The average molecular weight is 236 g/mol. The predicted molar refractivity (Wildman–Crippen MR) is 63.4 cm³/mol. The number of fused-ring (bicyclic) bond motifs is 1. The third kappa shape index (κ3) is 2.21. The zero-order valence-corrected chi connectivity index (χ0v) is 10.1. The van der Waals surface area contributed by atoms with Crippen LogP contribution in [-0.4, -0.2) is 26.9 Å². The van der Waals surface area contributed by atoms with E-state index in [2.05, 4.69) is 14.8 Å². The summed E-state index contributed by atoms with van der Waals surface area (Å²) in [6.45, 7) is 1.60. The molecule has 2 atom stereocenters. The third-order valence-corrected chi connectivity index (χ3v) is 3.87. The molecule has 0 spiro atoms. The fraction of sp³-hybridized carbons (Fsp3) is 0.833. The van der Waals surface area contributed by atoms with Crippen LogP contribution >= 0.6 is 0 Å². The summed E-state index contributed by atoms with van der Waals surface area (Å²) in [5.74, 6) is 2.09. The van der Waals surface area contributed by atoms with Crippen molar-refractivity contribution < 1.29 is 4.74 Å². The van der Waals surface area contributed by atoms with Gasteiger partial charge < -0.3 is 15.0 Å². The lowest BCUT2D eigenvalue weighted by molar-refractivity contribution is 0.0300. The number of nitrogens with two attached hydrogens (primary N) is 1. The van der Waals surface area contributed by atoms with Crippen molar-refractivity contribution in [1.29, 1.82) is 0 Å². The number of rotatable bonds is 3. The van der Waals surface area contributed by atoms with Gasteiger partial charge in [0.25, 0.3) is 0 Å². The molecule has 3 rings (SSSR count). The van der Waals surface area contributed by atoms with Crippen LogP contribution in [0.1, 0.15) is 43.8 Å². The van der Waals surface area contributed by atoms with Crippen molar-refractivity contribution in [2.45, 2.75) is 63.8 Å². The van der Waals surface area contributed by atoms with Crippen molar-refractivity contribution in [3.8, 4) is 0 Å². The van der Waals surface area contributed by atoms with Gasteiger partial charge in [-0.3, -0.25) is 0 Å². The topological polar surface area (TPSA) is 66.0 Å². The van der Waals surface area contributed by atoms with Gasteiger partial charge in [0.15, 0.2) is 5.82 Å². The van der Waals surface area contributed by atoms with Gasteiger partial charge in [-0.2, -0.15) is 0 Å². The molecule has 1 aromatic heterocycles. The van der Waals surface area contributed by atoms with Gasteiger partial charge in [-0.15, -0.1) is 10.2 Å². The summed E-state index contributed by atoms with van der Waals surface area (Å²) in [4.78, 5) is 0. The van der Waals surface area contributed by atoms with Crippen LogP contribution in [0.2, 0.25) is 0 Å². The molecule has 5 heteroatoms. The van der Waals surface area contributed by atoms with Crippen LogP contribution < -0.4 is 5.73 Å². The fourth-order valence-electron chi connectivity index (χ4n) is 2.82. The van der Waals surface area contributed by atoms with E-state index in [0.717, 1.165) is 37.5 Å². The number of nitrogens with zero attached hydrogens (tertiary/aromatic N) is 3. The van der Waals surface area contributed by atoms with E-state index < -0.39 is 0 Å². The Morgan fingerprint density at radius 1 is 1.24 bits per heavy atom.